The Balaban J connectivity index is 2.32. The van der Waals surface area contributed by atoms with Crippen molar-refractivity contribution < 1.29 is 0 Å². The van der Waals surface area contributed by atoms with Gasteiger partial charge in [0.1, 0.15) is 0 Å². The van der Waals surface area contributed by atoms with Crippen LogP contribution in [0.4, 0.5) is 0 Å². The maximum atomic E-state index is 3.45. The average Bonchev–Trinajstić information content (AvgIpc) is 2.40. The Bertz CT molecular complexity index is 288. The molecule has 0 spiro atoms. The van der Waals surface area contributed by atoms with E-state index in [1.807, 2.05) is 0 Å². The van der Waals surface area contributed by atoms with Gasteiger partial charge in [0.25, 0.3) is 0 Å². The van der Waals surface area contributed by atoms with Crippen LogP contribution in [-0.2, 0) is 0 Å². The van der Waals surface area contributed by atoms with Gasteiger partial charge in [-0.1, -0.05) is 0 Å². The third kappa shape index (κ3) is 3.96. The monoisotopic (exact) mass is 209 g/mol. The fourth-order valence-electron chi connectivity index (χ4n) is 1.52. The Morgan fingerprint density at radius 2 is 1.60 bits per heavy atom. The summed E-state index contributed by atoms with van der Waals surface area (Å²) in [7, 11) is 0. The van der Waals surface area contributed by atoms with Gasteiger partial charge in [-0.05, 0) is 46.8 Å². The van der Waals surface area contributed by atoms with E-state index in [-0.39, 0.29) is 5.54 Å². The summed E-state index contributed by atoms with van der Waals surface area (Å²) in [6.07, 6.45) is 0. The summed E-state index contributed by atoms with van der Waals surface area (Å²) in [5, 5.41) is 3.45. The molecule has 0 aliphatic heterocycles. The predicted octanol–water partition coefficient (Wildman–Crippen LogP) is 2.04. The number of nitrogens with one attached hydrogen (secondary N) is 2. The molecule has 86 valence electrons. The second-order valence-corrected chi connectivity index (χ2v) is 5.04. The number of aromatic nitrogens is 1. The van der Waals surface area contributed by atoms with Crippen molar-refractivity contribution in [3.63, 3.8) is 0 Å². The lowest BCUT2D eigenvalue weighted by Gasteiger charge is -2.21. The molecule has 0 atom stereocenters. The summed E-state index contributed by atoms with van der Waals surface area (Å²) in [6, 6.07) is 4.25. The topological polar surface area (TPSA) is 29.0 Å². The number of rotatable bonds is 4. The van der Waals surface area contributed by atoms with Crippen LogP contribution >= 0.6 is 0 Å². The van der Waals surface area contributed by atoms with Crippen molar-refractivity contribution in [1.82, 2.24) is 9.99 Å². The van der Waals surface area contributed by atoms with Crippen LogP contribution in [0.3, 0.4) is 0 Å². The van der Waals surface area contributed by atoms with Crippen molar-refractivity contribution in [3.8, 4) is 0 Å². The maximum absolute atomic E-state index is 3.45. The van der Waals surface area contributed by atoms with E-state index in [1.165, 1.54) is 11.4 Å². The molecule has 3 nitrogen and oxygen atoms in total. The zero-order valence-electron chi connectivity index (χ0n) is 10.5. The number of hydrogen-bond donors (Lipinski definition) is 2. The van der Waals surface area contributed by atoms with Gasteiger partial charge in [-0.2, -0.15) is 0 Å². The fourth-order valence-corrected chi connectivity index (χ4v) is 1.52. The normalized spacial score (nSPS) is 11.8. The third-order valence-electron chi connectivity index (χ3n) is 2.32. The lowest BCUT2D eigenvalue weighted by atomic mass is 10.1. The Kier molecular flexibility index (Phi) is 3.80. The Morgan fingerprint density at radius 1 is 1.07 bits per heavy atom. The number of nitrogens with zero attached hydrogens (tertiary/aromatic N) is 1. The van der Waals surface area contributed by atoms with E-state index in [4.69, 9.17) is 0 Å². The molecule has 0 radical (unpaired) electrons. The van der Waals surface area contributed by atoms with Gasteiger partial charge in [0.15, 0.2) is 0 Å². The van der Waals surface area contributed by atoms with E-state index in [1.54, 1.807) is 0 Å². The van der Waals surface area contributed by atoms with E-state index in [2.05, 4.69) is 62.2 Å². The summed E-state index contributed by atoms with van der Waals surface area (Å²) >= 11 is 0. The molecule has 0 amide bonds. The van der Waals surface area contributed by atoms with Crippen LogP contribution < -0.4 is 10.7 Å². The molecule has 1 aromatic heterocycles. The molecule has 0 aliphatic rings. The molecule has 0 fully saturated rings. The van der Waals surface area contributed by atoms with E-state index in [0.29, 0.717) is 0 Å². The van der Waals surface area contributed by atoms with E-state index in [9.17, 15) is 0 Å². The first kappa shape index (κ1) is 12.1. The van der Waals surface area contributed by atoms with Crippen molar-refractivity contribution in [2.75, 3.05) is 18.5 Å². The van der Waals surface area contributed by atoms with Gasteiger partial charge >= 0.3 is 0 Å². The fraction of sp³-hybridized carbons (Fsp3) is 0.667. The minimum Gasteiger partial charge on any atom is -0.325 e. The molecular formula is C12H23N3. The Labute approximate surface area is 92.8 Å². The molecule has 0 aliphatic carbocycles. The second kappa shape index (κ2) is 4.71. The van der Waals surface area contributed by atoms with Crippen LogP contribution in [0.25, 0.3) is 0 Å². The highest BCUT2D eigenvalue weighted by atomic mass is 15.4. The predicted molar refractivity (Wildman–Crippen MR) is 65.9 cm³/mol. The summed E-state index contributed by atoms with van der Waals surface area (Å²) in [4.78, 5) is 0. The molecule has 3 heteroatoms. The zero-order valence-corrected chi connectivity index (χ0v) is 10.5. The van der Waals surface area contributed by atoms with E-state index < -0.39 is 0 Å². The molecule has 1 heterocycles. The quantitative estimate of drug-likeness (QED) is 0.743. The van der Waals surface area contributed by atoms with Crippen LogP contribution in [0.5, 0.6) is 0 Å². The second-order valence-electron chi connectivity index (χ2n) is 5.04. The molecule has 1 rings (SSSR count). The highest BCUT2D eigenvalue weighted by Crippen LogP contribution is 2.03. The summed E-state index contributed by atoms with van der Waals surface area (Å²) in [6.45, 7) is 12.7. The van der Waals surface area contributed by atoms with Crippen LogP contribution in [0, 0.1) is 13.8 Å². The van der Waals surface area contributed by atoms with Gasteiger partial charge in [0, 0.05) is 30.0 Å². The van der Waals surface area contributed by atoms with Crippen LogP contribution in [0.1, 0.15) is 32.2 Å². The molecule has 1 aromatic rings. The standard InChI is InChI=1S/C12H23N3/c1-10-6-7-11(2)15(10)14-9-8-13-12(3,4)5/h6-7,13-14H,8-9H2,1-5H3. The summed E-state index contributed by atoms with van der Waals surface area (Å²) in [5.41, 5.74) is 6.09. The largest absolute Gasteiger partial charge is 0.325 e. The lowest BCUT2D eigenvalue weighted by Crippen LogP contribution is -2.39. The van der Waals surface area contributed by atoms with Crippen LogP contribution in [0.2, 0.25) is 0 Å². The first-order valence-electron chi connectivity index (χ1n) is 5.54. The smallest absolute Gasteiger partial charge is 0.0439 e. The molecular weight excluding hydrogens is 186 g/mol. The highest BCUT2D eigenvalue weighted by molar-refractivity contribution is 5.15. The van der Waals surface area contributed by atoms with Crippen molar-refractivity contribution in [2.24, 2.45) is 0 Å². The zero-order chi connectivity index (χ0) is 11.5. The van der Waals surface area contributed by atoms with Gasteiger partial charge in [0.2, 0.25) is 0 Å². The number of hydrogen-bond acceptors (Lipinski definition) is 2. The summed E-state index contributed by atoms with van der Waals surface area (Å²) < 4.78 is 2.13. The van der Waals surface area contributed by atoms with Gasteiger partial charge < -0.3 is 10.7 Å². The van der Waals surface area contributed by atoms with Crippen LogP contribution in [0.15, 0.2) is 12.1 Å². The molecule has 0 unspecified atom stereocenters. The first-order valence-corrected chi connectivity index (χ1v) is 5.54. The van der Waals surface area contributed by atoms with Gasteiger partial charge in [-0.3, -0.25) is 4.68 Å². The van der Waals surface area contributed by atoms with Crippen molar-refractivity contribution >= 4 is 0 Å². The SMILES string of the molecule is Cc1ccc(C)n1NCCNC(C)(C)C. The first-order chi connectivity index (χ1) is 6.90. The minimum atomic E-state index is 0.197. The van der Waals surface area contributed by atoms with Gasteiger partial charge in [-0.25, -0.2) is 0 Å². The Morgan fingerprint density at radius 3 is 2.07 bits per heavy atom. The molecule has 15 heavy (non-hydrogen) atoms. The van der Waals surface area contributed by atoms with Crippen molar-refractivity contribution in [2.45, 2.75) is 40.2 Å². The van der Waals surface area contributed by atoms with Crippen molar-refractivity contribution in [3.05, 3.63) is 23.5 Å². The van der Waals surface area contributed by atoms with Gasteiger partial charge in [0.05, 0.1) is 0 Å². The highest BCUT2D eigenvalue weighted by Gasteiger charge is 2.07. The molecule has 0 saturated heterocycles. The number of aryl methyl sites for hydroxylation is 2. The molecule has 0 saturated carbocycles. The van der Waals surface area contributed by atoms with E-state index >= 15 is 0 Å². The van der Waals surface area contributed by atoms with E-state index in [0.717, 1.165) is 13.1 Å². The van der Waals surface area contributed by atoms with Crippen molar-refractivity contribution in [1.29, 1.82) is 0 Å². The molecule has 2 N–H and O–H groups in total. The summed E-state index contributed by atoms with van der Waals surface area (Å²) in [5.74, 6) is 0. The maximum Gasteiger partial charge on any atom is 0.0439 e. The lowest BCUT2D eigenvalue weighted by molar-refractivity contribution is 0.432. The average molecular weight is 209 g/mol. The minimum absolute atomic E-state index is 0.197. The van der Waals surface area contributed by atoms with Gasteiger partial charge in [-0.15, -0.1) is 0 Å². The Hall–Kier alpha value is -0.960. The molecule has 0 bridgehead atoms. The third-order valence-corrected chi connectivity index (χ3v) is 2.32. The molecule has 0 aromatic carbocycles. The van der Waals surface area contributed by atoms with Crippen LogP contribution in [-0.4, -0.2) is 23.3 Å².